The van der Waals surface area contributed by atoms with Crippen LogP contribution in [-0.2, 0) is 24.1 Å². The van der Waals surface area contributed by atoms with E-state index in [4.69, 9.17) is 5.73 Å². The lowest BCUT2D eigenvalue weighted by Gasteiger charge is -2.42. The number of hydrogen-bond donors (Lipinski definition) is 1. The van der Waals surface area contributed by atoms with E-state index in [9.17, 15) is 9.59 Å². The zero-order valence-corrected chi connectivity index (χ0v) is 18.0. The van der Waals surface area contributed by atoms with Gasteiger partial charge in [0.25, 0.3) is 0 Å². The lowest BCUT2D eigenvalue weighted by molar-refractivity contribution is -0.132. The maximum Gasteiger partial charge on any atom is 0.314 e. The summed E-state index contributed by atoms with van der Waals surface area (Å²) in [5.41, 5.74) is 9.47. The van der Waals surface area contributed by atoms with Gasteiger partial charge in [0.2, 0.25) is 5.91 Å². The number of nitrogens with two attached hydrogens (primary N) is 1. The molecule has 3 rings (SSSR count). The predicted molar refractivity (Wildman–Crippen MR) is 116 cm³/mol. The minimum Gasteiger partial charge on any atom is -0.351 e. The second-order valence-corrected chi connectivity index (χ2v) is 8.28. The van der Waals surface area contributed by atoms with Gasteiger partial charge in [-0.05, 0) is 48.8 Å². The van der Waals surface area contributed by atoms with Crippen molar-refractivity contribution in [3.05, 3.63) is 34.9 Å². The first-order chi connectivity index (χ1) is 14.0. The molecule has 1 aromatic carbocycles. The van der Waals surface area contributed by atoms with E-state index in [1.807, 2.05) is 4.90 Å². The van der Waals surface area contributed by atoms with Crippen LogP contribution in [0.2, 0.25) is 0 Å². The molecular weight excluding hydrogens is 364 g/mol. The Bertz CT molecular complexity index is 705. The fourth-order valence-corrected chi connectivity index (χ4v) is 4.71. The van der Waals surface area contributed by atoms with Crippen molar-refractivity contribution in [2.75, 3.05) is 39.3 Å². The van der Waals surface area contributed by atoms with Crippen LogP contribution in [0.25, 0.3) is 0 Å². The average Bonchev–Trinajstić information content (AvgIpc) is 2.77. The maximum absolute atomic E-state index is 12.7. The van der Waals surface area contributed by atoms with Gasteiger partial charge < -0.3 is 15.5 Å². The highest BCUT2D eigenvalue weighted by Crippen LogP contribution is 2.20. The summed E-state index contributed by atoms with van der Waals surface area (Å²) in [5, 5.41) is 0. The zero-order chi connectivity index (χ0) is 20.8. The van der Waals surface area contributed by atoms with Crippen molar-refractivity contribution in [2.24, 2.45) is 5.73 Å². The van der Waals surface area contributed by atoms with Gasteiger partial charge in [-0.1, -0.05) is 32.0 Å². The number of hydrogen-bond acceptors (Lipinski definition) is 3. The van der Waals surface area contributed by atoms with E-state index in [0.717, 1.165) is 58.3 Å². The predicted octanol–water partition coefficient (Wildman–Crippen LogP) is 2.43. The van der Waals surface area contributed by atoms with Gasteiger partial charge in [-0.2, -0.15) is 0 Å². The normalized spacial score (nSPS) is 18.8. The van der Waals surface area contributed by atoms with Crippen LogP contribution in [0.4, 0.5) is 4.79 Å². The number of carbonyl (C=O) groups is 2. The highest BCUT2D eigenvalue weighted by atomic mass is 16.2. The number of aryl methyl sites for hydroxylation is 3. The SMILES string of the molecule is CCc1ccc(CCC(=O)N2CCC(N3CCN(C(N)=O)CC3)CC2)cc1CC. The summed E-state index contributed by atoms with van der Waals surface area (Å²) >= 11 is 0. The number of primary amides is 1. The Morgan fingerprint density at radius 1 is 0.931 bits per heavy atom. The molecule has 0 unspecified atom stereocenters. The summed E-state index contributed by atoms with van der Waals surface area (Å²) in [6, 6.07) is 6.89. The summed E-state index contributed by atoms with van der Waals surface area (Å²) in [6.45, 7) is 9.27. The van der Waals surface area contributed by atoms with E-state index in [0.29, 0.717) is 25.6 Å². The quantitative estimate of drug-likeness (QED) is 0.797. The van der Waals surface area contributed by atoms with E-state index in [1.54, 1.807) is 4.90 Å². The van der Waals surface area contributed by atoms with Gasteiger partial charge >= 0.3 is 6.03 Å². The van der Waals surface area contributed by atoms with Crippen LogP contribution in [0.5, 0.6) is 0 Å². The van der Waals surface area contributed by atoms with E-state index >= 15 is 0 Å². The van der Waals surface area contributed by atoms with Gasteiger partial charge in [-0.15, -0.1) is 0 Å². The highest BCUT2D eigenvalue weighted by molar-refractivity contribution is 5.76. The molecule has 0 spiro atoms. The van der Waals surface area contributed by atoms with Crippen molar-refractivity contribution >= 4 is 11.9 Å². The Labute approximate surface area is 175 Å². The molecule has 6 nitrogen and oxygen atoms in total. The third-order valence-electron chi connectivity index (χ3n) is 6.62. The lowest BCUT2D eigenvalue weighted by Crippen LogP contribution is -2.55. The molecule has 2 fully saturated rings. The Kier molecular flexibility index (Phi) is 7.53. The molecule has 0 aliphatic carbocycles. The number of piperazine rings is 1. The number of piperidine rings is 1. The molecule has 160 valence electrons. The second-order valence-electron chi connectivity index (χ2n) is 8.28. The molecule has 3 amide bonds. The van der Waals surface area contributed by atoms with Crippen molar-refractivity contribution in [3.8, 4) is 0 Å². The van der Waals surface area contributed by atoms with Gasteiger partial charge in [0.1, 0.15) is 0 Å². The van der Waals surface area contributed by atoms with Crippen molar-refractivity contribution in [3.63, 3.8) is 0 Å². The molecule has 2 heterocycles. The summed E-state index contributed by atoms with van der Waals surface area (Å²) < 4.78 is 0. The van der Waals surface area contributed by atoms with Crippen LogP contribution in [-0.4, -0.2) is 71.9 Å². The Hall–Kier alpha value is -2.08. The van der Waals surface area contributed by atoms with Crippen molar-refractivity contribution in [1.29, 1.82) is 0 Å². The number of amides is 3. The third-order valence-corrected chi connectivity index (χ3v) is 6.62. The van der Waals surface area contributed by atoms with Crippen molar-refractivity contribution in [1.82, 2.24) is 14.7 Å². The summed E-state index contributed by atoms with van der Waals surface area (Å²) in [5.74, 6) is 0.277. The Morgan fingerprint density at radius 3 is 2.17 bits per heavy atom. The first-order valence-corrected chi connectivity index (χ1v) is 11.2. The molecular formula is C23H36N4O2. The first-order valence-electron chi connectivity index (χ1n) is 11.2. The van der Waals surface area contributed by atoms with Gasteiger partial charge in [0.05, 0.1) is 0 Å². The highest BCUT2D eigenvalue weighted by Gasteiger charge is 2.29. The third kappa shape index (κ3) is 5.50. The fraction of sp³-hybridized carbons (Fsp3) is 0.652. The van der Waals surface area contributed by atoms with E-state index in [1.165, 1.54) is 16.7 Å². The van der Waals surface area contributed by atoms with E-state index < -0.39 is 0 Å². The van der Waals surface area contributed by atoms with Gasteiger partial charge in [-0.25, -0.2) is 4.79 Å². The smallest absolute Gasteiger partial charge is 0.314 e. The van der Waals surface area contributed by atoms with Crippen molar-refractivity contribution in [2.45, 2.75) is 58.4 Å². The minimum atomic E-state index is -0.319. The van der Waals surface area contributed by atoms with Crippen LogP contribution in [0.15, 0.2) is 18.2 Å². The molecule has 0 aromatic heterocycles. The summed E-state index contributed by atoms with van der Waals surface area (Å²) in [7, 11) is 0. The molecule has 1 aromatic rings. The van der Waals surface area contributed by atoms with E-state index in [2.05, 4.69) is 36.9 Å². The second kappa shape index (κ2) is 10.1. The standard InChI is InChI=1S/C23H36N4O2/c1-3-19-7-5-18(17-20(19)4-2)6-8-22(28)26-11-9-21(10-12-26)25-13-15-27(16-14-25)23(24)29/h5,7,17,21H,3-4,6,8-16H2,1-2H3,(H2,24,29). The van der Waals surface area contributed by atoms with Crippen LogP contribution in [0, 0.1) is 0 Å². The van der Waals surface area contributed by atoms with Gasteiger partial charge in [0.15, 0.2) is 0 Å². The average molecular weight is 401 g/mol. The number of likely N-dealkylation sites (tertiary alicyclic amines) is 1. The molecule has 6 heteroatoms. The lowest BCUT2D eigenvalue weighted by atomic mass is 9.97. The molecule has 29 heavy (non-hydrogen) atoms. The summed E-state index contributed by atoms with van der Waals surface area (Å²) in [6.07, 6.45) is 5.57. The molecule has 0 saturated carbocycles. The van der Waals surface area contributed by atoms with Crippen LogP contribution in [0.3, 0.4) is 0 Å². The molecule has 2 N–H and O–H groups in total. The number of carbonyl (C=O) groups excluding carboxylic acids is 2. The Balaban J connectivity index is 1.43. The molecule has 2 aliphatic heterocycles. The molecule has 0 atom stereocenters. The summed E-state index contributed by atoms with van der Waals surface area (Å²) in [4.78, 5) is 30.2. The van der Waals surface area contributed by atoms with Gasteiger partial charge in [-0.3, -0.25) is 9.69 Å². The largest absolute Gasteiger partial charge is 0.351 e. The minimum absolute atomic E-state index is 0.277. The monoisotopic (exact) mass is 400 g/mol. The van der Waals surface area contributed by atoms with Crippen LogP contribution >= 0.6 is 0 Å². The molecule has 0 radical (unpaired) electrons. The zero-order valence-electron chi connectivity index (χ0n) is 18.0. The van der Waals surface area contributed by atoms with Crippen LogP contribution in [0.1, 0.15) is 49.8 Å². The first kappa shape index (κ1) is 21.6. The Morgan fingerprint density at radius 2 is 1.59 bits per heavy atom. The van der Waals surface area contributed by atoms with Gasteiger partial charge in [0, 0.05) is 51.7 Å². The number of rotatable bonds is 6. The molecule has 2 aliphatic rings. The topological polar surface area (TPSA) is 69.9 Å². The van der Waals surface area contributed by atoms with Crippen LogP contribution < -0.4 is 5.73 Å². The number of urea groups is 1. The molecule has 0 bridgehead atoms. The maximum atomic E-state index is 12.7. The number of nitrogens with zero attached hydrogens (tertiary/aromatic N) is 3. The van der Waals surface area contributed by atoms with Crippen molar-refractivity contribution < 1.29 is 9.59 Å². The number of benzene rings is 1. The molecule has 2 saturated heterocycles. The fourth-order valence-electron chi connectivity index (χ4n) is 4.71. The van der Waals surface area contributed by atoms with E-state index in [-0.39, 0.29) is 11.9 Å².